The van der Waals surface area contributed by atoms with Crippen molar-refractivity contribution in [2.45, 2.75) is 189 Å². The molecule has 0 fully saturated rings. The maximum atomic E-state index is 14.0. The predicted molar refractivity (Wildman–Crippen MR) is 216 cm³/mol. The Kier molecular flexibility index (Phi) is 34.9. The van der Waals surface area contributed by atoms with E-state index in [1.807, 2.05) is 0 Å². The molecule has 0 aliphatic heterocycles. The summed E-state index contributed by atoms with van der Waals surface area (Å²) in [6.45, 7) is 8.74. The zero-order chi connectivity index (χ0) is 41.2. The minimum absolute atomic E-state index is 0.0685. The molecule has 0 heterocycles. The number of rotatable bonds is 42. The van der Waals surface area contributed by atoms with E-state index in [9.17, 15) is 27.9 Å². The first-order chi connectivity index (χ1) is 26.3. The van der Waals surface area contributed by atoms with Gasteiger partial charge in [-0.1, -0.05) is 156 Å². The Morgan fingerprint density at radius 1 is 0.418 bits per heavy atom. The van der Waals surface area contributed by atoms with Crippen LogP contribution in [0.2, 0.25) is 0 Å². The van der Waals surface area contributed by atoms with Gasteiger partial charge >= 0.3 is 37.3 Å². The van der Waals surface area contributed by atoms with Crippen LogP contribution < -0.4 is 0 Å². The van der Waals surface area contributed by atoms with E-state index >= 15 is 0 Å². The van der Waals surface area contributed by atoms with E-state index in [-0.39, 0.29) is 33.0 Å². The number of carbonyl (C=O) groups is 1. The first kappa shape index (κ1) is 55.0. The van der Waals surface area contributed by atoms with Crippen LogP contribution in [0.25, 0.3) is 0 Å². The van der Waals surface area contributed by atoms with E-state index < -0.39 is 43.9 Å². The van der Waals surface area contributed by atoms with Crippen LogP contribution >= 0.6 is 31.3 Å². The first-order valence-corrected chi connectivity index (χ1v) is 26.8. The van der Waals surface area contributed by atoms with E-state index in [1.165, 1.54) is 0 Å². The number of unbranched alkanes of at least 4 members (excludes halogenated alkanes) is 20. The maximum Gasteiger partial charge on any atom is 0.550 e. The Morgan fingerprint density at radius 2 is 0.709 bits per heavy atom. The van der Waals surface area contributed by atoms with Crippen molar-refractivity contribution in [3.8, 4) is 0 Å². The molecule has 55 heavy (non-hydrogen) atoms. The van der Waals surface area contributed by atoms with Gasteiger partial charge in [-0.3, -0.25) is 18.1 Å². The minimum atomic E-state index is -5.79. The van der Waals surface area contributed by atoms with Crippen molar-refractivity contribution in [3.63, 3.8) is 0 Å². The largest absolute Gasteiger partial charge is 0.550 e. The van der Waals surface area contributed by atoms with Crippen molar-refractivity contribution in [1.82, 2.24) is 0 Å². The number of phosphoric acid groups is 4. The Morgan fingerprint density at radius 3 is 1.04 bits per heavy atom. The summed E-state index contributed by atoms with van der Waals surface area (Å²) in [5.41, 5.74) is 0. The first-order valence-electron chi connectivity index (χ1n) is 21.0. The summed E-state index contributed by atoms with van der Waals surface area (Å²) in [6, 6.07) is 0. The van der Waals surface area contributed by atoms with Crippen LogP contribution in [0, 0.1) is 0 Å². The molecule has 2 atom stereocenters. The van der Waals surface area contributed by atoms with Gasteiger partial charge in [-0.05, 0) is 32.6 Å². The fraction of sp³-hybridized carbons (Fsp3) is 0.972. The Hall–Kier alpha value is 0.0300. The Bertz CT molecular complexity index is 1080. The van der Waals surface area contributed by atoms with Crippen LogP contribution in [0.4, 0.5) is 0 Å². The van der Waals surface area contributed by atoms with Crippen LogP contribution in [-0.2, 0) is 63.3 Å². The highest BCUT2D eigenvalue weighted by Crippen LogP contribution is 2.75. The number of carbonyl (C=O) groups excluding carboxylic acids is 1. The molecule has 0 aromatic heterocycles. The molecule has 0 aromatic carbocycles. The third kappa shape index (κ3) is 32.6. The molecule has 0 aliphatic rings. The van der Waals surface area contributed by atoms with Crippen LogP contribution in [-0.4, -0.2) is 50.5 Å². The van der Waals surface area contributed by atoms with Crippen LogP contribution in [0.5, 0.6) is 0 Å². The number of hydrogen-bond acceptors (Lipinski definition) is 14. The van der Waals surface area contributed by atoms with Crippen molar-refractivity contribution in [2.75, 3.05) is 39.6 Å². The summed E-state index contributed by atoms with van der Waals surface area (Å²) in [4.78, 5) is 23.5. The maximum absolute atomic E-state index is 14.0. The van der Waals surface area contributed by atoms with Gasteiger partial charge in [0.25, 0.3) is 0 Å². The lowest BCUT2D eigenvalue weighted by Crippen LogP contribution is -2.14. The standard InChI is InChI=1S/C36H76O15P4/c1-6-11-15-19-23-27-31-44-53(40,45-32-28-24-20-16-12-7-2)49-52(38,39)50-55(42,48-36(37)35-43-10-5)51-54(41,46-33-29-25-21-17-13-8-3)47-34-30-26-22-18-14-9-4/h6-35H2,1-5H3,(H,38,39). The fourth-order valence-corrected chi connectivity index (χ4v) is 11.8. The van der Waals surface area contributed by atoms with Gasteiger partial charge in [0.1, 0.15) is 6.61 Å². The third-order valence-electron chi connectivity index (χ3n) is 8.23. The van der Waals surface area contributed by atoms with E-state index in [0.29, 0.717) is 25.7 Å². The van der Waals surface area contributed by atoms with E-state index in [0.717, 1.165) is 128 Å². The molecule has 330 valence electrons. The summed E-state index contributed by atoms with van der Waals surface area (Å²) in [5.74, 6) is -1.34. The second kappa shape index (κ2) is 34.8. The second-order valence-electron chi connectivity index (χ2n) is 13.6. The summed E-state index contributed by atoms with van der Waals surface area (Å²) >= 11 is 0. The highest BCUT2D eigenvalue weighted by Gasteiger charge is 2.51. The molecule has 0 aliphatic carbocycles. The molecular weight excluding hydrogens is 796 g/mol. The van der Waals surface area contributed by atoms with Crippen LogP contribution in [0.1, 0.15) is 189 Å². The smallest absolute Gasteiger partial charge is 0.370 e. The van der Waals surface area contributed by atoms with Gasteiger partial charge < -0.3 is 14.2 Å². The SMILES string of the molecule is CCCCCCCCOP(=O)(OCCCCCCCC)OP(=O)(O)OP(=O)(OC(=O)COCC)OP(=O)(OCCCCCCCC)OCCCCCCCC. The van der Waals surface area contributed by atoms with Gasteiger partial charge in [0.2, 0.25) is 0 Å². The molecular formula is C36H76O15P4. The lowest BCUT2D eigenvalue weighted by molar-refractivity contribution is -0.140. The summed E-state index contributed by atoms with van der Waals surface area (Å²) in [7, 11) is -21.2. The van der Waals surface area contributed by atoms with Gasteiger partial charge in [0, 0.05) is 6.61 Å². The van der Waals surface area contributed by atoms with Crippen molar-refractivity contribution in [2.24, 2.45) is 0 Å². The number of phosphoric ester groups is 2. The lowest BCUT2D eigenvalue weighted by Gasteiger charge is -2.25. The summed E-state index contributed by atoms with van der Waals surface area (Å²) in [6.07, 6.45) is 21.0. The molecule has 19 heteroatoms. The molecule has 0 spiro atoms. The zero-order valence-electron chi connectivity index (χ0n) is 34.7. The quantitative estimate of drug-likeness (QED) is 0.0450. The molecule has 2 unspecified atom stereocenters. The molecule has 0 bridgehead atoms. The van der Waals surface area contributed by atoms with Gasteiger partial charge in [-0.15, -0.1) is 0 Å². The van der Waals surface area contributed by atoms with E-state index in [2.05, 4.69) is 27.7 Å². The molecule has 0 saturated carbocycles. The molecule has 0 rings (SSSR count). The molecule has 0 amide bonds. The number of ether oxygens (including phenoxy) is 1. The average Bonchev–Trinajstić information content (AvgIpc) is 3.11. The van der Waals surface area contributed by atoms with Crippen molar-refractivity contribution in [1.29, 1.82) is 0 Å². The molecule has 15 nitrogen and oxygen atoms in total. The Balaban J connectivity index is 6.11. The van der Waals surface area contributed by atoms with E-state index in [1.54, 1.807) is 6.92 Å². The van der Waals surface area contributed by atoms with Gasteiger partial charge in [0.05, 0.1) is 26.4 Å². The molecule has 0 radical (unpaired) electrons. The third-order valence-corrected chi connectivity index (χ3v) is 15.5. The van der Waals surface area contributed by atoms with Crippen molar-refractivity contribution >= 4 is 37.3 Å². The summed E-state index contributed by atoms with van der Waals surface area (Å²) < 4.78 is 102. The van der Waals surface area contributed by atoms with Crippen LogP contribution in [0.3, 0.4) is 0 Å². The zero-order valence-corrected chi connectivity index (χ0v) is 38.2. The Labute approximate surface area is 333 Å². The predicted octanol–water partition coefficient (Wildman–Crippen LogP) is 13.5. The molecule has 0 saturated heterocycles. The highest BCUT2D eigenvalue weighted by atomic mass is 31.3. The average molecular weight is 873 g/mol. The van der Waals surface area contributed by atoms with E-state index in [4.69, 9.17) is 40.3 Å². The van der Waals surface area contributed by atoms with Crippen molar-refractivity contribution in [3.05, 3.63) is 0 Å². The van der Waals surface area contributed by atoms with Crippen molar-refractivity contribution < 1.29 is 68.2 Å². The van der Waals surface area contributed by atoms with Gasteiger partial charge in [-0.25, -0.2) is 23.1 Å². The minimum Gasteiger partial charge on any atom is -0.370 e. The second-order valence-corrected chi connectivity index (χ2v) is 20.4. The monoisotopic (exact) mass is 872 g/mol. The topological polar surface area (TPSA) is 189 Å². The summed E-state index contributed by atoms with van der Waals surface area (Å²) in [5, 5.41) is 0. The fourth-order valence-electron chi connectivity index (χ4n) is 5.18. The lowest BCUT2D eigenvalue weighted by atomic mass is 10.1. The highest BCUT2D eigenvalue weighted by molar-refractivity contribution is 7.70. The number of hydrogen-bond donors (Lipinski definition) is 1. The normalized spacial score (nSPS) is 14.5. The van der Waals surface area contributed by atoms with Crippen LogP contribution in [0.15, 0.2) is 0 Å². The van der Waals surface area contributed by atoms with Gasteiger partial charge in [0.15, 0.2) is 0 Å². The molecule has 1 N–H and O–H groups in total. The molecule has 0 aromatic rings. The van der Waals surface area contributed by atoms with Gasteiger partial charge in [-0.2, -0.15) is 12.9 Å².